The fraction of sp³-hybridized carbons (Fsp3) is 0.647. The Morgan fingerprint density at radius 1 is 1.35 bits per heavy atom. The van der Waals surface area contributed by atoms with Gasteiger partial charge in [-0.3, -0.25) is 0 Å². The average molecular weight is 339 g/mol. The van der Waals surface area contributed by atoms with Crippen LogP contribution in [0.25, 0.3) is 0 Å². The molecule has 1 N–H and O–H groups in total. The van der Waals surface area contributed by atoms with Crippen molar-refractivity contribution in [2.45, 2.75) is 46.1 Å². The van der Waals surface area contributed by atoms with Gasteiger partial charge in [0.25, 0.3) is 0 Å². The lowest BCUT2D eigenvalue weighted by atomic mass is 9.94. The minimum atomic E-state index is 0.860. The average Bonchev–Trinajstić information content (AvgIpc) is 2.49. The Hall–Kier alpha value is -0.540. The molecule has 1 unspecified atom stereocenters. The van der Waals surface area contributed by atoms with E-state index in [1.165, 1.54) is 54.5 Å². The van der Waals surface area contributed by atoms with Crippen molar-refractivity contribution < 1.29 is 0 Å². The third kappa shape index (κ3) is 4.23. The van der Waals surface area contributed by atoms with Crippen molar-refractivity contribution in [1.82, 2.24) is 5.32 Å². The Balaban J connectivity index is 2.13. The zero-order valence-electron chi connectivity index (χ0n) is 12.8. The summed E-state index contributed by atoms with van der Waals surface area (Å²) in [7, 11) is 0. The van der Waals surface area contributed by atoms with E-state index in [0.717, 1.165) is 19.0 Å². The molecule has 2 nitrogen and oxygen atoms in total. The lowest BCUT2D eigenvalue weighted by Crippen LogP contribution is -2.36. The van der Waals surface area contributed by atoms with Gasteiger partial charge in [-0.15, -0.1) is 0 Å². The van der Waals surface area contributed by atoms with Gasteiger partial charge in [-0.25, -0.2) is 0 Å². The molecule has 1 atom stereocenters. The molecule has 2 rings (SSSR count). The Kier molecular flexibility index (Phi) is 6.37. The van der Waals surface area contributed by atoms with Gasteiger partial charge in [-0.1, -0.05) is 42.3 Å². The third-order valence-electron chi connectivity index (χ3n) is 4.23. The van der Waals surface area contributed by atoms with Gasteiger partial charge >= 0.3 is 0 Å². The Labute approximate surface area is 132 Å². The maximum absolute atomic E-state index is 3.63. The molecule has 1 heterocycles. The van der Waals surface area contributed by atoms with E-state index in [9.17, 15) is 0 Å². The first kappa shape index (κ1) is 15.8. The van der Waals surface area contributed by atoms with E-state index < -0.39 is 0 Å². The number of hydrogen-bond donors (Lipinski definition) is 1. The quantitative estimate of drug-likeness (QED) is 0.764. The molecule has 0 aliphatic carbocycles. The largest absolute Gasteiger partial charge is 0.371 e. The smallest absolute Gasteiger partial charge is 0.0423 e. The summed E-state index contributed by atoms with van der Waals surface area (Å²) in [5, 5.41) is 3.53. The number of benzene rings is 1. The number of nitrogens with zero attached hydrogens (tertiary/aromatic N) is 1. The maximum Gasteiger partial charge on any atom is 0.0423 e. The summed E-state index contributed by atoms with van der Waals surface area (Å²) in [6.07, 6.45) is 5.21. The lowest BCUT2D eigenvalue weighted by Gasteiger charge is -2.35. The van der Waals surface area contributed by atoms with Gasteiger partial charge in [0.15, 0.2) is 0 Å². The second-order valence-electron chi connectivity index (χ2n) is 5.81. The van der Waals surface area contributed by atoms with Gasteiger partial charge in [0.1, 0.15) is 0 Å². The maximum atomic E-state index is 3.63. The van der Waals surface area contributed by atoms with Crippen LogP contribution in [0.1, 0.15) is 45.1 Å². The van der Waals surface area contributed by atoms with Crippen LogP contribution in [0, 0.1) is 5.92 Å². The number of rotatable bonds is 6. The van der Waals surface area contributed by atoms with Gasteiger partial charge < -0.3 is 10.2 Å². The van der Waals surface area contributed by atoms with Crippen LogP contribution < -0.4 is 10.2 Å². The summed E-state index contributed by atoms with van der Waals surface area (Å²) in [5.41, 5.74) is 2.85. The van der Waals surface area contributed by atoms with Crippen molar-refractivity contribution in [1.29, 1.82) is 0 Å². The van der Waals surface area contributed by atoms with Crippen molar-refractivity contribution in [2.75, 3.05) is 24.5 Å². The molecule has 0 radical (unpaired) electrons. The van der Waals surface area contributed by atoms with Gasteiger partial charge in [-0.05, 0) is 49.4 Å². The topological polar surface area (TPSA) is 15.3 Å². The molecular formula is C17H27BrN2. The van der Waals surface area contributed by atoms with Crippen LogP contribution in [-0.2, 0) is 6.54 Å². The van der Waals surface area contributed by atoms with Crippen LogP contribution in [0.15, 0.2) is 22.7 Å². The van der Waals surface area contributed by atoms with E-state index in [4.69, 9.17) is 0 Å². The number of anilines is 1. The Morgan fingerprint density at radius 3 is 2.95 bits per heavy atom. The predicted octanol–water partition coefficient (Wildman–Crippen LogP) is 4.58. The van der Waals surface area contributed by atoms with Crippen LogP contribution in [0.5, 0.6) is 0 Å². The van der Waals surface area contributed by atoms with E-state index in [1.54, 1.807) is 0 Å². The lowest BCUT2D eigenvalue weighted by molar-refractivity contribution is 0.404. The second kappa shape index (κ2) is 8.04. The van der Waals surface area contributed by atoms with Gasteiger partial charge in [0.2, 0.25) is 0 Å². The summed E-state index contributed by atoms with van der Waals surface area (Å²) >= 11 is 3.63. The van der Waals surface area contributed by atoms with Crippen LogP contribution in [0.3, 0.4) is 0 Å². The van der Waals surface area contributed by atoms with Crippen LogP contribution >= 0.6 is 15.9 Å². The Bertz CT molecular complexity index is 419. The highest BCUT2D eigenvalue weighted by atomic mass is 79.9. The number of hydrogen-bond acceptors (Lipinski definition) is 2. The summed E-state index contributed by atoms with van der Waals surface area (Å²) in [5.74, 6) is 0.860. The first-order chi connectivity index (χ1) is 9.74. The van der Waals surface area contributed by atoms with E-state index in [0.29, 0.717) is 0 Å². The molecule has 1 saturated heterocycles. The molecule has 0 saturated carbocycles. The van der Waals surface area contributed by atoms with Crippen molar-refractivity contribution in [2.24, 2.45) is 5.92 Å². The standard InChI is InChI=1S/C17H27BrN2/c1-3-9-19-12-15-7-8-16(18)11-17(15)20-10-5-6-14(4-2)13-20/h7-8,11,14,19H,3-6,9-10,12-13H2,1-2H3. The molecule has 0 spiro atoms. The van der Waals surface area contributed by atoms with E-state index in [-0.39, 0.29) is 0 Å². The molecule has 1 aromatic carbocycles. The van der Waals surface area contributed by atoms with E-state index in [2.05, 4.69) is 58.2 Å². The molecule has 20 heavy (non-hydrogen) atoms. The third-order valence-corrected chi connectivity index (χ3v) is 4.72. The zero-order valence-corrected chi connectivity index (χ0v) is 14.4. The molecule has 112 valence electrons. The molecule has 1 aliphatic heterocycles. The van der Waals surface area contributed by atoms with Gasteiger partial charge in [0, 0.05) is 29.8 Å². The summed E-state index contributed by atoms with van der Waals surface area (Å²) in [6.45, 7) is 9.02. The molecule has 0 aromatic heterocycles. The minimum Gasteiger partial charge on any atom is -0.371 e. The second-order valence-corrected chi connectivity index (χ2v) is 6.73. The first-order valence-corrected chi connectivity index (χ1v) is 8.78. The normalized spacial score (nSPS) is 19.4. The summed E-state index contributed by atoms with van der Waals surface area (Å²) in [4.78, 5) is 2.59. The van der Waals surface area contributed by atoms with Crippen LogP contribution in [0.4, 0.5) is 5.69 Å². The van der Waals surface area contributed by atoms with Crippen molar-refractivity contribution in [3.05, 3.63) is 28.2 Å². The molecule has 3 heteroatoms. The fourth-order valence-electron chi connectivity index (χ4n) is 3.00. The molecule has 1 fully saturated rings. The van der Waals surface area contributed by atoms with Gasteiger partial charge in [-0.2, -0.15) is 0 Å². The first-order valence-electron chi connectivity index (χ1n) is 7.98. The van der Waals surface area contributed by atoms with Crippen molar-refractivity contribution in [3.63, 3.8) is 0 Å². The molecule has 0 bridgehead atoms. The summed E-state index contributed by atoms with van der Waals surface area (Å²) in [6, 6.07) is 6.71. The van der Waals surface area contributed by atoms with Crippen molar-refractivity contribution >= 4 is 21.6 Å². The minimum absolute atomic E-state index is 0.860. The molecule has 0 amide bonds. The number of nitrogens with one attached hydrogen (secondary N) is 1. The predicted molar refractivity (Wildman–Crippen MR) is 91.4 cm³/mol. The number of halogens is 1. The Morgan fingerprint density at radius 2 is 2.20 bits per heavy atom. The summed E-state index contributed by atoms with van der Waals surface area (Å²) < 4.78 is 1.19. The fourth-order valence-corrected chi connectivity index (χ4v) is 3.35. The monoisotopic (exact) mass is 338 g/mol. The highest BCUT2D eigenvalue weighted by molar-refractivity contribution is 9.10. The molecular weight excluding hydrogens is 312 g/mol. The molecule has 1 aliphatic rings. The number of piperidine rings is 1. The van der Waals surface area contributed by atoms with Gasteiger partial charge in [0.05, 0.1) is 0 Å². The highest BCUT2D eigenvalue weighted by Crippen LogP contribution is 2.30. The van der Waals surface area contributed by atoms with E-state index >= 15 is 0 Å². The molecule has 1 aromatic rings. The van der Waals surface area contributed by atoms with E-state index in [1.807, 2.05) is 0 Å². The van der Waals surface area contributed by atoms with Crippen LogP contribution in [-0.4, -0.2) is 19.6 Å². The highest BCUT2D eigenvalue weighted by Gasteiger charge is 2.20. The van der Waals surface area contributed by atoms with Crippen LogP contribution in [0.2, 0.25) is 0 Å². The zero-order chi connectivity index (χ0) is 14.4. The SMILES string of the molecule is CCCNCc1ccc(Br)cc1N1CCCC(CC)C1. The van der Waals surface area contributed by atoms with Crippen molar-refractivity contribution in [3.8, 4) is 0 Å².